The highest BCUT2D eigenvalue weighted by Crippen LogP contribution is 2.44. The molecule has 162 valence electrons. The average molecular weight is 421 g/mol. The maximum absolute atomic E-state index is 13.0. The number of rotatable bonds is 6. The summed E-state index contributed by atoms with van der Waals surface area (Å²) < 4.78 is 7.00. The standard InChI is InChI=1S/C24H27N3O4/c1-3-27-19-11-10-16(14-18(19)26-22(29)23(27)30)21(28)25-15-24(12-6-7-13-24)17-8-4-5-9-20(17)31-2/h4-5,8-11,14H,3,6-7,12-13,15H2,1-2H3,(H,25,28)(H,26,29). The van der Waals surface area contributed by atoms with Crippen molar-refractivity contribution in [2.75, 3.05) is 13.7 Å². The van der Waals surface area contributed by atoms with E-state index in [9.17, 15) is 14.4 Å². The fraction of sp³-hybridized carbons (Fsp3) is 0.375. The summed E-state index contributed by atoms with van der Waals surface area (Å²) in [4.78, 5) is 39.6. The van der Waals surface area contributed by atoms with Crippen molar-refractivity contribution in [1.82, 2.24) is 14.9 Å². The summed E-state index contributed by atoms with van der Waals surface area (Å²) in [6, 6.07) is 13.0. The Labute approximate surface area is 180 Å². The molecule has 4 rings (SSSR count). The van der Waals surface area contributed by atoms with Gasteiger partial charge in [-0.1, -0.05) is 31.0 Å². The summed E-state index contributed by atoms with van der Waals surface area (Å²) >= 11 is 0. The van der Waals surface area contributed by atoms with Crippen LogP contribution in [0.1, 0.15) is 48.5 Å². The number of benzene rings is 2. The molecule has 0 spiro atoms. The molecule has 2 N–H and O–H groups in total. The number of fused-ring (bicyclic) bond motifs is 1. The van der Waals surface area contributed by atoms with Gasteiger partial charge in [-0.15, -0.1) is 0 Å². The van der Waals surface area contributed by atoms with Gasteiger partial charge < -0.3 is 19.6 Å². The highest BCUT2D eigenvalue weighted by molar-refractivity contribution is 5.97. The SMILES string of the molecule is CCn1c(=O)c(=O)[nH]c2cc(C(=O)NCC3(c4ccccc4OC)CCCC3)ccc21. The Morgan fingerprint density at radius 1 is 1.16 bits per heavy atom. The van der Waals surface area contributed by atoms with Crippen molar-refractivity contribution in [3.8, 4) is 5.75 Å². The summed E-state index contributed by atoms with van der Waals surface area (Å²) in [6.07, 6.45) is 4.20. The molecule has 1 fully saturated rings. The van der Waals surface area contributed by atoms with E-state index in [-0.39, 0.29) is 11.3 Å². The van der Waals surface area contributed by atoms with Gasteiger partial charge in [-0.25, -0.2) is 0 Å². The monoisotopic (exact) mass is 421 g/mol. The number of ether oxygens (including phenoxy) is 1. The van der Waals surface area contributed by atoms with Gasteiger partial charge in [-0.3, -0.25) is 14.4 Å². The van der Waals surface area contributed by atoms with Crippen LogP contribution in [-0.4, -0.2) is 29.1 Å². The molecule has 1 amide bonds. The first-order chi connectivity index (χ1) is 15.0. The summed E-state index contributed by atoms with van der Waals surface area (Å²) in [6.45, 7) is 2.70. The van der Waals surface area contributed by atoms with Gasteiger partial charge in [0.05, 0.1) is 18.1 Å². The van der Waals surface area contributed by atoms with Crippen LogP contribution in [0.3, 0.4) is 0 Å². The minimum Gasteiger partial charge on any atom is -0.496 e. The van der Waals surface area contributed by atoms with Gasteiger partial charge in [-0.2, -0.15) is 0 Å². The Morgan fingerprint density at radius 2 is 1.90 bits per heavy atom. The van der Waals surface area contributed by atoms with E-state index in [1.54, 1.807) is 32.2 Å². The quantitative estimate of drug-likeness (QED) is 0.599. The van der Waals surface area contributed by atoms with Gasteiger partial charge in [0.2, 0.25) is 0 Å². The number of nitrogens with one attached hydrogen (secondary N) is 2. The smallest absolute Gasteiger partial charge is 0.316 e. The molecule has 1 aliphatic carbocycles. The number of hydrogen-bond donors (Lipinski definition) is 2. The average Bonchev–Trinajstić information content (AvgIpc) is 3.28. The summed E-state index contributed by atoms with van der Waals surface area (Å²) in [5, 5.41) is 3.10. The van der Waals surface area contributed by atoms with Crippen LogP contribution < -0.4 is 21.2 Å². The fourth-order valence-corrected chi connectivity index (χ4v) is 4.76. The minimum absolute atomic E-state index is 0.157. The van der Waals surface area contributed by atoms with Crippen molar-refractivity contribution in [2.24, 2.45) is 0 Å². The topological polar surface area (TPSA) is 93.2 Å². The van der Waals surface area contributed by atoms with Crippen LogP contribution in [0.2, 0.25) is 0 Å². The molecule has 7 heteroatoms. The van der Waals surface area contributed by atoms with E-state index >= 15 is 0 Å². The van der Waals surface area contributed by atoms with Crippen molar-refractivity contribution < 1.29 is 9.53 Å². The van der Waals surface area contributed by atoms with E-state index in [0.717, 1.165) is 37.0 Å². The van der Waals surface area contributed by atoms with Crippen LogP contribution in [0.5, 0.6) is 5.75 Å². The van der Waals surface area contributed by atoms with Crippen LogP contribution in [0.25, 0.3) is 11.0 Å². The second-order valence-corrected chi connectivity index (χ2v) is 8.11. The van der Waals surface area contributed by atoms with Crippen molar-refractivity contribution in [2.45, 2.75) is 44.6 Å². The molecule has 1 heterocycles. The lowest BCUT2D eigenvalue weighted by Crippen LogP contribution is -2.39. The van der Waals surface area contributed by atoms with Crippen LogP contribution in [0, 0.1) is 0 Å². The molecule has 1 aliphatic rings. The van der Waals surface area contributed by atoms with E-state index in [0.29, 0.717) is 29.7 Å². The Bertz CT molecular complexity index is 1240. The van der Waals surface area contributed by atoms with Crippen molar-refractivity contribution in [3.05, 3.63) is 74.3 Å². The van der Waals surface area contributed by atoms with Crippen molar-refractivity contribution >= 4 is 16.9 Å². The number of aromatic amines is 1. The normalized spacial score (nSPS) is 15.2. The molecule has 7 nitrogen and oxygen atoms in total. The first-order valence-corrected chi connectivity index (χ1v) is 10.7. The first-order valence-electron chi connectivity index (χ1n) is 10.7. The van der Waals surface area contributed by atoms with E-state index in [4.69, 9.17) is 4.74 Å². The van der Waals surface area contributed by atoms with Gasteiger partial charge in [0.25, 0.3) is 5.91 Å². The zero-order chi connectivity index (χ0) is 22.0. The minimum atomic E-state index is -0.687. The van der Waals surface area contributed by atoms with Crippen LogP contribution in [0.15, 0.2) is 52.1 Å². The van der Waals surface area contributed by atoms with Gasteiger partial charge in [-0.05, 0) is 44.0 Å². The van der Waals surface area contributed by atoms with E-state index < -0.39 is 11.1 Å². The lowest BCUT2D eigenvalue weighted by molar-refractivity contribution is 0.0943. The number of carbonyl (C=O) groups excluding carboxylic acids is 1. The number of H-pyrrole nitrogens is 1. The zero-order valence-corrected chi connectivity index (χ0v) is 17.9. The number of methoxy groups -OCH3 is 1. The maximum Gasteiger partial charge on any atom is 0.316 e. The lowest BCUT2D eigenvalue weighted by atomic mass is 9.78. The molecular weight excluding hydrogens is 394 g/mol. The third kappa shape index (κ3) is 3.76. The van der Waals surface area contributed by atoms with E-state index in [1.807, 2.05) is 18.2 Å². The van der Waals surface area contributed by atoms with Crippen molar-refractivity contribution in [1.29, 1.82) is 0 Å². The number of aryl methyl sites for hydroxylation is 1. The van der Waals surface area contributed by atoms with Crippen LogP contribution in [-0.2, 0) is 12.0 Å². The molecular formula is C24H27N3O4. The third-order valence-electron chi connectivity index (χ3n) is 6.38. The Hall–Kier alpha value is -3.35. The second-order valence-electron chi connectivity index (χ2n) is 8.11. The third-order valence-corrected chi connectivity index (χ3v) is 6.38. The number of carbonyl (C=O) groups is 1. The van der Waals surface area contributed by atoms with Gasteiger partial charge >= 0.3 is 11.1 Å². The van der Waals surface area contributed by atoms with Gasteiger partial charge in [0.15, 0.2) is 0 Å². The molecule has 0 bridgehead atoms. The van der Waals surface area contributed by atoms with Crippen molar-refractivity contribution in [3.63, 3.8) is 0 Å². The molecule has 1 aromatic heterocycles. The lowest BCUT2D eigenvalue weighted by Gasteiger charge is -2.31. The molecule has 0 atom stereocenters. The van der Waals surface area contributed by atoms with E-state index in [1.165, 1.54) is 4.57 Å². The highest BCUT2D eigenvalue weighted by Gasteiger charge is 2.38. The fourth-order valence-electron chi connectivity index (χ4n) is 4.76. The van der Waals surface area contributed by atoms with Gasteiger partial charge in [0.1, 0.15) is 5.75 Å². The van der Waals surface area contributed by atoms with E-state index in [2.05, 4.69) is 16.4 Å². The molecule has 3 aromatic rings. The Morgan fingerprint density at radius 3 is 2.61 bits per heavy atom. The number of para-hydroxylation sites is 1. The predicted molar refractivity (Wildman–Crippen MR) is 120 cm³/mol. The molecule has 1 saturated carbocycles. The number of aromatic nitrogens is 2. The zero-order valence-electron chi connectivity index (χ0n) is 17.9. The van der Waals surface area contributed by atoms with Crippen LogP contribution in [0.4, 0.5) is 0 Å². The Kier molecular flexibility index (Phi) is 5.67. The largest absolute Gasteiger partial charge is 0.496 e. The molecule has 0 unspecified atom stereocenters. The molecule has 0 saturated heterocycles. The molecule has 0 radical (unpaired) electrons. The number of hydrogen-bond acceptors (Lipinski definition) is 4. The molecule has 2 aromatic carbocycles. The number of amides is 1. The first kappa shape index (κ1) is 20.9. The van der Waals surface area contributed by atoms with Gasteiger partial charge in [0, 0.05) is 29.6 Å². The second kappa shape index (κ2) is 8.41. The highest BCUT2D eigenvalue weighted by atomic mass is 16.5. The summed E-state index contributed by atoms with van der Waals surface area (Å²) in [5.41, 5.74) is 1.21. The maximum atomic E-state index is 13.0. The molecule has 31 heavy (non-hydrogen) atoms. The van der Waals surface area contributed by atoms with Crippen LogP contribution >= 0.6 is 0 Å². The predicted octanol–water partition coefficient (Wildman–Crippen LogP) is 2.96. The number of nitrogens with zero attached hydrogens (tertiary/aromatic N) is 1. The Balaban J connectivity index is 1.62. The molecule has 0 aliphatic heterocycles. The summed E-state index contributed by atoms with van der Waals surface area (Å²) in [7, 11) is 1.67. The summed E-state index contributed by atoms with van der Waals surface area (Å²) in [5.74, 6) is 0.637.